The SMILES string of the molecule is NCCn1ccnc1Cc1ccccc1C(F)(F)F. The highest BCUT2D eigenvalue weighted by atomic mass is 19.4. The minimum absolute atomic E-state index is 0.142. The summed E-state index contributed by atoms with van der Waals surface area (Å²) < 4.78 is 40.4. The van der Waals surface area contributed by atoms with E-state index in [0.29, 0.717) is 18.9 Å². The lowest BCUT2D eigenvalue weighted by atomic mass is 10.0. The third-order valence-corrected chi connectivity index (χ3v) is 2.84. The molecule has 0 spiro atoms. The van der Waals surface area contributed by atoms with E-state index in [-0.39, 0.29) is 12.0 Å². The smallest absolute Gasteiger partial charge is 0.333 e. The van der Waals surface area contributed by atoms with E-state index in [0.717, 1.165) is 6.07 Å². The summed E-state index contributed by atoms with van der Waals surface area (Å²) in [6.07, 6.45) is -0.913. The molecular weight excluding hydrogens is 255 g/mol. The first kappa shape index (κ1) is 13.6. The molecule has 6 heteroatoms. The Balaban J connectivity index is 2.31. The summed E-state index contributed by atoms with van der Waals surface area (Å²) in [5, 5.41) is 0. The molecule has 0 amide bonds. The van der Waals surface area contributed by atoms with Gasteiger partial charge >= 0.3 is 6.18 Å². The molecule has 3 nitrogen and oxygen atoms in total. The topological polar surface area (TPSA) is 43.8 Å². The summed E-state index contributed by atoms with van der Waals surface area (Å²) in [6, 6.07) is 5.55. The van der Waals surface area contributed by atoms with Crippen molar-refractivity contribution in [3.63, 3.8) is 0 Å². The van der Waals surface area contributed by atoms with Crippen molar-refractivity contribution in [2.75, 3.05) is 6.54 Å². The zero-order valence-electron chi connectivity index (χ0n) is 10.2. The summed E-state index contributed by atoms with van der Waals surface area (Å²) in [4.78, 5) is 4.09. The maximum absolute atomic E-state index is 12.9. The molecule has 0 aliphatic heterocycles. The number of hydrogen-bond donors (Lipinski definition) is 1. The van der Waals surface area contributed by atoms with Gasteiger partial charge in [-0.3, -0.25) is 0 Å². The van der Waals surface area contributed by atoms with Gasteiger partial charge in [0.1, 0.15) is 5.82 Å². The molecule has 0 saturated carbocycles. The fraction of sp³-hybridized carbons (Fsp3) is 0.308. The van der Waals surface area contributed by atoms with Crippen molar-refractivity contribution in [3.8, 4) is 0 Å². The Kier molecular flexibility index (Phi) is 3.90. The summed E-state index contributed by atoms with van der Waals surface area (Å²) in [5.41, 5.74) is 5.06. The van der Waals surface area contributed by atoms with Crippen LogP contribution in [0.4, 0.5) is 13.2 Å². The monoisotopic (exact) mass is 269 g/mol. The minimum atomic E-state index is -4.35. The number of halogens is 3. The van der Waals surface area contributed by atoms with Crippen molar-refractivity contribution in [1.82, 2.24) is 9.55 Å². The van der Waals surface area contributed by atoms with Gasteiger partial charge in [-0.05, 0) is 11.6 Å². The van der Waals surface area contributed by atoms with Crippen LogP contribution in [0.3, 0.4) is 0 Å². The van der Waals surface area contributed by atoms with Crippen molar-refractivity contribution in [1.29, 1.82) is 0 Å². The number of benzene rings is 1. The van der Waals surface area contributed by atoms with E-state index < -0.39 is 11.7 Å². The number of rotatable bonds is 4. The predicted octanol–water partition coefficient (Wildman–Crippen LogP) is 2.45. The van der Waals surface area contributed by atoms with Crippen LogP contribution in [-0.4, -0.2) is 16.1 Å². The van der Waals surface area contributed by atoms with Crippen LogP contribution in [0.2, 0.25) is 0 Å². The molecule has 1 aromatic carbocycles. The molecule has 0 unspecified atom stereocenters. The van der Waals surface area contributed by atoms with Gasteiger partial charge in [-0.25, -0.2) is 4.98 Å². The molecule has 0 aliphatic carbocycles. The first-order valence-electron chi connectivity index (χ1n) is 5.87. The van der Waals surface area contributed by atoms with Crippen molar-refractivity contribution in [3.05, 3.63) is 53.6 Å². The average Bonchev–Trinajstić information content (AvgIpc) is 2.77. The van der Waals surface area contributed by atoms with Gasteiger partial charge in [0, 0.05) is 31.9 Å². The lowest BCUT2D eigenvalue weighted by Crippen LogP contribution is -2.14. The number of aromatic nitrogens is 2. The standard InChI is InChI=1S/C13H14F3N3/c14-13(15,16)11-4-2-1-3-10(11)9-12-18-6-8-19(12)7-5-17/h1-4,6,8H,5,7,9,17H2. The first-order valence-corrected chi connectivity index (χ1v) is 5.87. The van der Waals surface area contributed by atoms with Crippen molar-refractivity contribution in [2.24, 2.45) is 5.73 Å². The van der Waals surface area contributed by atoms with Crippen LogP contribution in [0.15, 0.2) is 36.7 Å². The molecule has 102 valence electrons. The predicted molar refractivity (Wildman–Crippen MR) is 65.5 cm³/mol. The second kappa shape index (κ2) is 5.44. The van der Waals surface area contributed by atoms with E-state index in [1.165, 1.54) is 12.1 Å². The fourth-order valence-corrected chi connectivity index (χ4v) is 1.97. The van der Waals surface area contributed by atoms with E-state index in [4.69, 9.17) is 5.73 Å². The Morgan fingerprint density at radius 2 is 1.95 bits per heavy atom. The van der Waals surface area contributed by atoms with E-state index in [9.17, 15) is 13.2 Å². The highest BCUT2D eigenvalue weighted by molar-refractivity contribution is 5.32. The van der Waals surface area contributed by atoms with Crippen LogP contribution in [0, 0.1) is 0 Å². The summed E-state index contributed by atoms with van der Waals surface area (Å²) >= 11 is 0. The molecule has 1 heterocycles. The van der Waals surface area contributed by atoms with Crippen molar-refractivity contribution >= 4 is 0 Å². The van der Waals surface area contributed by atoms with Gasteiger partial charge in [-0.2, -0.15) is 13.2 Å². The lowest BCUT2D eigenvalue weighted by molar-refractivity contribution is -0.138. The third-order valence-electron chi connectivity index (χ3n) is 2.84. The van der Waals surface area contributed by atoms with Gasteiger partial charge in [0.15, 0.2) is 0 Å². The summed E-state index contributed by atoms with van der Waals surface area (Å²) in [5.74, 6) is 0.585. The van der Waals surface area contributed by atoms with E-state index >= 15 is 0 Å². The molecule has 0 bridgehead atoms. The van der Waals surface area contributed by atoms with Crippen LogP contribution >= 0.6 is 0 Å². The Bertz CT molecular complexity index is 546. The highest BCUT2D eigenvalue weighted by Gasteiger charge is 2.33. The molecule has 2 aromatic rings. The van der Waals surface area contributed by atoms with Gasteiger partial charge in [-0.1, -0.05) is 18.2 Å². The summed E-state index contributed by atoms with van der Waals surface area (Å²) in [6.45, 7) is 0.966. The molecule has 0 atom stereocenters. The number of imidazole rings is 1. The molecule has 0 aliphatic rings. The van der Waals surface area contributed by atoms with Crippen molar-refractivity contribution < 1.29 is 13.2 Å². The molecule has 0 fully saturated rings. The molecule has 1 aromatic heterocycles. The van der Waals surface area contributed by atoms with Crippen LogP contribution < -0.4 is 5.73 Å². The second-order valence-corrected chi connectivity index (χ2v) is 4.16. The number of nitrogens with two attached hydrogens (primary N) is 1. The third kappa shape index (κ3) is 3.14. The fourth-order valence-electron chi connectivity index (χ4n) is 1.97. The van der Waals surface area contributed by atoms with E-state index in [1.54, 1.807) is 23.0 Å². The second-order valence-electron chi connectivity index (χ2n) is 4.16. The van der Waals surface area contributed by atoms with Gasteiger partial charge in [-0.15, -0.1) is 0 Å². The quantitative estimate of drug-likeness (QED) is 0.926. The lowest BCUT2D eigenvalue weighted by Gasteiger charge is -2.13. The Hall–Kier alpha value is -1.82. The van der Waals surface area contributed by atoms with Crippen LogP contribution in [0.1, 0.15) is 17.0 Å². The van der Waals surface area contributed by atoms with E-state index in [1.807, 2.05) is 0 Å². The van der Waals surface area contributed by atoms with Crippen LogP contribution in [0.25, 0.3) is 0 Å². The maximum atomic E-state index is 12.9. The molecular formula is C13H14F3N3. The maximum Gasteiger partial charge on any atom is 0.416 e. The van der Waals surface area contributed by atoms with Gasteiger partial charge in [0.05, 0.1) is 5.56 Å². The summed E-state index contributed by atoms with van der Waals surface area (Å²) in [7, 11) is 0. The molecule has 2 N–H and O–H groups in total. The Labute approximate surface area is 108 Å². The van der Waals surface area contributed by atoms with Gasteiger partial charge in [0.25, 0.3) is 0 Å². The minimum Gasteiger partial charge on any atom is -0.333 e. The Morgan fingerprint density at radius 1 is 1.21 bits per heavy atom. The van der Waals surface area contributed by atoms with Gasteiger partial charge in [0.2, 0.25) is 0 Å². The zero-order valence-corrected chi connectivity index (χ0v) is 10.2. The average molecular weight is 269 g/mol. The number of nitrogens with zero attached hydrogens (tertiary/aromatic N) is 2. The molecule has 0 saturated heterocycles. The molecule has 0 radical (unpaired) electrons. The highest BCUT2D eigenvalue weighted by Crippen LogP contribution is 2.32. The van der Waals surface area contributed by atoms with Gasteiger partial charge < -0.3 is 10.3 Å². The molecule has 2 rings (SSSR count). The Morgan fingerprint density at radius 3 is 2.63 bits per heavy atom. The normalized spacial score (nSPS) is 11.8. The largest absolute Gasteiger partial charge is 0.416 e. The first-order chi connectivity index (χ1) is 9.02. The van der Waals surface area contributed by atoms with E-state index in [2.05, 4.69) is 4.98 Å². The zero-order chi connectivity index (χ0) is 13.9. The van der Waals surface area contributed by atoms with Crippen molar-refractivity contribution in [2.45, 2.75) is 19.1 Å². The van der Waals surface area contributed by atoms with Crippen LogP contribution in [-0.2, 0) is 19.1 Å². The van der Waals surface area contributed by atoms with Crippen LogP contribution in [0.5, 0.6) is 0 Å². The number of hydrogen-bond acceptors (Lipinski definition) is 2. The number of alkyl halides is 3. The molecule has 19 heavy (non-hydrogen) atoms.